The SMILES string of the molecule is C#CCn1c(=NC(=O)c2cccc(S(=O)(=O)CC)c2)sc2c(C)cc(C)cc21. The fourth-order valence-electron chi connectivity index (χ4n) is 2.98. The van der Waals surface area contributed by atoms with Crippen LogP contribution in [0.2, 0.25) is 0 Å². The number of terminal acetylenes is 1. The van der Waals surface area contributed by atoms with Gasteiger partial charge >= 0.3 is 0 Å². The van der Waals surface area contributed by atoms with Crippen molar-refractivity contribution in [3.8, 4) is 12.3 Å². The lowest BCUT2D eigenvalue weighted by atomic mass is 10.1. The van der Waals surface area contributed by atoms with Crippen molar-refractivity contribution >= 4 is 37.3 Å². The number of benzene rings is 2. The molecule has 0 atom stereocenters. The van der Waals surface area contributed by atoms with E-state index in [1.54, 1.807) is 19.1 Å². The molecule has 0 radical (unpaired) electrons. The van der Waals surface area contributed by atoms with Crippen molar-refractivity contribution in [2.24, 2.45) is 4.99 Å². The fourth-order valence-corrected chi connectivity index (χ4v) is 4.99. The zero-order chi connectivity index (χ0) is 20.5. The number of thiazole rings is 1. The summed E-state index contributed by atoms with van der Waals surface area (Å²) in [7, 11) is -3.40. The van der Waals surface area contributed by atoms with Gasteiger partial charge < -0.3 is 4.57 Å². The molecule has 0 N–H and O–H groups in total. The van der Waals surface area contributed by atoms with Crippen LogP contribution in [0.1, 0.15) is 28.4 Å². The summed E-state index contributed by atoms with van der Waals surface area (Å²) in [5.41, 5.74) is 3.36. The maximum atomic E-state index is 12.7. The Bertz CT molecular complexity index is 1290. The molecule has 7 heteroatoms. The van der Waals surface area contributed by atoms with Gasteiger partial charge in [-0.1, -0.05) is 36.3 Å². The van der Waals surface area contributed by atoms with Crippen LogP contribution in [0.4, 0.5) is 0 Å². The molecule has 0 aliphatic rings. The smallest absolute Gasteiger partial charge is 0.279 e. The molecule has 28 heavy (non-hydrogen) atoms. The summed E-state index contributed by atoms with van der Waals surface area (Å²) in [6.45, 7) is 5.88. The van der Waals surface area contributed by atoms with Crippen LogP contribution in [0.25, 0.3) is 10.2 Å². The maximum absolute atomic E-state index is 12.7. The quantitative estimate of drug-likeness (QED) is 0.616. The van der Waals surface area contributed by atoms with Gasteiger partial charge in [-0.05, 0) is 49.2 Å². The molecule has 1 aromatic heterocycles. The van der Waals surface area contributed by atoms with Crippen molar-refractivity contribution in [3.05, 3.63) is 57.9 Å². The van der Waals surface area contributed by atoms with Gasteiger partial charge in [-0.2, -0.15) is 4.99 Å². The first-order chi connectivity index (χ1) is 13.3. The van der Waals surface area contributed by atoms with E-state index in [2.05, 4.69) is 17.0 Å². The van der Waals surface area contributed by atoms with E-state index in [4.69, 9.17) is 6.42 Å². The zero-order valence-corrected chi connectivity index (χ0v) is 17.5. The number of sulfone groups is 1. The average Bonchev–Trinajstić information content (AvgIpc) is 3.00. The Hall–Kier alpha value is -2.69. The minimum Gasteiger partial charge on any atom is -0.305 e. The molecule has 0 fully saturated rings. The van der Waals surface area contributed by atoms with E-state index in [9.17, 15) is 13.2 Å². The first-order valence-corrected chi connectivity index (χ1v) is 11.2. The van der Waals surface area contributed by atoms with Gasteiger partial charge in [0.2, 0.25) is 0 Å². The number of carbonyl (C=O) groups excluding carboxylic acids is 1. The molecule has 0 saturated carbocycles. The van der Waals surface area contributed by atoms with Crippen LogP contribution in [-0.2, 0) is 16.4 Å². The van der Waals surface area contributed by atoms with E-state index in [0.29, 0.717) is 11.3 Å². The van der Waals surface area contributed by atoms with E-state index in [0.717, 1.165) is 21.3 Å². The normalized spacial score (nSPS) is 12.3. The predicted molar refractivity (Wildman–Crippen MR) is 112 cm³/mol. The number of aromatic nitrogens is 1. The third-order valence-corrected chi connectivity index (χ3v) is 7.34. The fraction of sp³-hybridized carbons (Fsp3) is 0.238. The van der Waals surface area contributed by atoms with Crippen LogP contribution in [-0.4, -0.2) is 24.6 Å². The summed E-state index contributed by atoms with van der Waals surface area (Å²) < 4.78 is 27.0. The van der Waals surface area contributed by atoms with Crippen LogP contribution in [0.5, 0.6) is 0 Å². The molecule has 0 unspecified atom stereocenters. The third kappa shape index (κ3) is 3.79. The van der Waals surface area contributed by atoms with E-state index >= 15 is 0 Å². The van der Waals surface area contributed by atoms with Gasteiger partial charge in [-0.15, -0.1) is 6.42 Å². The van der Waals surface area contributed by atoms with Crippen molar-refractivity contribution in [3.63, 3.8) is 0 Å². The molecular weight excluding hydrogens is 392 g/mol. The second-order valence-electron chi connectivity index (χ2n) is 6.45. The lowest BCUT2D eigenvalue weighted by molar-refractivity contribution is 0.0997. The number of rotatable bonds is 4. The van der Waals surface area contributed by atoms with E-state index in [1.807, 2.05) is 24.5 Å². The van der Waals surface area contributed by atoms with E-state index in [1.165, 1.54) is 23.5 Å². The van der Waals surface area contributed by atoms with Gasteiger partial charge in [0.1, 0.15) is 0 Å². The molecule has 0 bridgehead atoms. The molecule has 1 heterocycles. The van der Waals surface area contributed by atoms with Gasteiger partial charge in [-0.25, -0.2) is 8.42 Å². The van der Waals surface area contributed by atoms with Crippen molar-refractivity contribution in [1.82, 2.24) is 4.57 Å². The number of nitrogens with zero attached hydrogens (tertiary/aromatic N) is 2. The van der Waals surface area contributed by atoms with Gasteiger partial charge in [0, 0.05) is 5.56 Å². The lowest BCUT2D eigenvalue weighted by Gasteiger charge is -2.03. The number of aryl methyl sites for hydroxylation is 2. The molecule has 3 rings (SSSR count). The number of amides is 1. The van der Waals surface area contributed by atoms with Crippen molar-refractivity contribution in [1.29, 1.82) is 0 Å². The Labute approximate surface area is 168 Å². The first kappa shape index (κ1) is 20.1. The molecule has 0 spiro atoms. The number of hydrogen-bond donors (Lipinski definition) is 0. The van der Waals surface area contributed by atoms with Gasteiger partial charge in [0.15, 0.2) is 14.6 Å². The zero-order valence-electron chi connectivity index (χ0n) is 15.9. The second kappa shape index (κ2) is 7.74. The minimum atomic E-state index is -3.40. The van der Waals surface area contributed by atoms with Crippen LogP contribution in [0, 0.1) is 26.2 Å². The largest absolute Gasteiger partial charge is 0.305 e. The molecule has 2 aromatic carbocycles. The molecule has 144 valence electrons. The lowest BCUT2D eigenvalue weighted by Crippen LogP contribution is -2.16. The number of carbonyl (C=O) groups is 1. The van der Waals surface area contributed by atoms with Gasteiger partial charge in [0.05, 0.1) is 27.4 Å². The Kier molecular flexibility index (Phi) is 5.54. The summed E-state index contributed by atoms with van der Waals surface area (Å²) in [6, 6.07) is 10.1. The molecule has 0 saturated heterocycles. The van der Waals surface area contributed by atoms with Gasteiger partial charge in [-0.3, -0.25) is 4.79 Å². The molecule has 0 aliphatic carbocycles. The summed E-state index contributed by atoms with van der Waals surface area (Å²) >= 11 is 1.40. The van der Waals surface area contributed by atoms with Crippen molar-refractivity contribution in [2.75, 3.05) is 5.75 Å². The highest BCUT2D eigenvalue weighted by Crippen LogP contribution is 2.23. The summed E-state index contributed by atoms with van der Waals surface area (Å²) in [4.78, 5) is 17.6. The highest BCUT2D eigenvalue weighted by molar-refractivity contribution is 7.91. The topological polar surface area (TPSA) is 68.5 Å². The highest BCUT2D eigenvalue weighted by Gasteiger charge is 2.15. The van der Waals surface area contributed by atoms with Crippen molar-refractivity contribution < 1.29 is 13.2 Å². The molecule has 0 aliphatic heterocycles. The summed E-state index contributed by atoms with van der Waals surface area (Å²) in [5.74, 6) is 2.08. The van der Waals surface area contributed by atoms with E-state index < -0.39 is 15.7 Å². The Morgan fingerprint density at radius 1 is 1.25 bits per heavy atom. The van der Waals surface area contributed by atoms with E-state index in [-0.39, 0.29) is 16.2 Å². The predicted octanol–water partition coefficient (Wildman–Crippen LogP) is 3.49. The van der Waals surface area contributed by atoms with Crippen LogP contribution < -0.4 is 4.80 Å². The van der Waals surface area contributed by atoms with Crippen molar-refractivity contribution in [2.45, 2.75) is 32.2 Å². The summed E-state index contributed by atoms with van der Waals surface area (Å²) in [5, 5.41) is 0. The Balaban J connectivity index is 2.16. The minimum absolute atomic E-state index is 0.0289. The summed E-state index contributed by atoms with van der Waals surface area (Å²) in [6.07, 6.45) is 5.52. The van der Waals surface area contributed by atoms with Crippen LogP contribution in [0.15, 0.2) is 46.3 Å². The average molecular weight is 413 g/mol. The molecule has 3 aromatic rings. The monoisotopic (exact) mass is 412 g/mol. The number of hydrogen-bond acceptors (Lipinski definition) is 4. The molecule has 1 amide bonds. The Morgan fingerprint density at radius 3 is 2.68 bits per heavy atom. The first-order valence-electron chi connectivity index (χ1n) is 8.72. The van der Waals surface area contributed by atoms with Crippen LogP contribution in [0.3, 0.4) is 0 Å². The third-order valence-electron chi connectivity index (χ3n) is 4.38. The standard InChI is InChI=1S/C21H20N2O3S2/c1-5-10-23-18-12-14(3)11-15(4)19(18)27-21(23)22-20(24)16-8-7-9-17(13-16)28(25,26)6-2/h1,7-9,11-13H,6,10H2,2-4H3. The number of fused-ring (bicyclic) bond motifs is 1. The maximum Gasteiger partial charge on any atom is 0.279 e. The second-order valence-corrected chi connectivity index (χ2v) is 9.71. The molecule has 5 nitrogen and oxygen atoms in total. The highest BCUT2D eigenvalue weighted by atomic mass is 32.2. The Morgan fingerprint density at radius 2 is 2.00 bits per heavy atom. The van der Waals surface area contributed by atoms with Crippen LogP contribution >= 0.6 is 11.3 Å². The van der Waals surface area contributed by atoms with Gasteiger partial charge in [0.25, 0.3) is 5.91 Å². The molecular formula is C21H20N2O3S2.